The maximum atomic E-state index is 13.3. The van der Waals surface area contributed by atoms with Gasteiger partial charge >= 0.3 is 6.03 Å². The third-order valence-electron chi connectivity index (χ3n) is 5.96. The van der Waals surface area contributed by atoms with Gasteiger partial charge in [0.15, 0.2) is 17.3 Å². The third-order valence-corrected chi connectivity index (χ3v) is 5.96. The standard InChI is InChI=1S/C24H26N2O5/c1-4-15-6-7-16(5-2)18(12-15)19(27)14-26-22(28)24(3,25-23(26)29)17-8-9-20-21(13-17)31-11-10-30-20/h6-9,12-13H,4-5,10-11,14H2,1-3H3,(H,25,29)/t24-/m0/s1. The van der Waals surface area contributed by atoms with Gasteiger partial charge in [0, 0.05) is 5.56 Å². The zero-order valence-corrected chi connectivity index (χ0v) is 18.0. The molecule has 162 valence electrons. The fraction of sp³-hybridized carbons (Fsp3) is 0.375. The Balaban J connectivity index is 1.60. The Kier molecular flexibility index (Phi) is 5.43. The molecule has 3 amide bonds. The number of carbonyl (C=O) groups excluding carboxylic acids is 3. The van der Waals surface area contributed by atoms with Crippen LogP contribution >= 0.6 is 0 Å². The molecule has 1 saturated heterocycles. The zero-order valence-electron chi connectivity index (χ0n) is 18.0. The quantitative estimate of drug-likeness (QED) is 0.571. The van der Waals surface area contributed by atoms with Crippen LogP contribution in [0.2, 0.25) is 0 Å². The van der Waals surface area contributed by atoms with Gasteiger partial charge in [0.1, 0.15) is 18.8 Å². The molecule has 2 aromatic carbocycles. The molecule has 0 aliphatic carbocycles. The number of Topliss-reactive ketones (excluding diaryl/α,β-unsaturated/α-hetero) is 1. The van der Waals surface area contributed by atoms with Crippen molar-refractivity contribution in [3.05, 3.63) is 58.7 Å². The lowest BCUT2D eigenvalue weighted by molar-refractivity contribution is -0.130. The number of benzene rings is 2. The number of carbonyl (C=O) groups is 3. The molecule has 0 unspecified atom stereocenters. The number of ether oxygens (including phenoxy) is 2. The third kappa shape index (κ3) is 3.65. The van der Waals surface area contributed by atoms with Gasteiger partial charge in [-0.05, 0) is 54.7 Å². The Morgan fingerprint density at radius 1 is 1.03 bits per heavy atom. The molecule has 2 heterocycles. The fourth-order valence-corrected chi connectivity index (χ4v) is 4.03. The van der Waals surface area contributed by atoms with Gasteiger partial charge < -0.3 is 14.8 Å². The van der Waals surface area contributed by atoms with Gasteiger partial charge in [-0.3, -0.25) is 14.5 Å². The molecular weight excluding hydrogens is 396 g/mol. The van der Waals surface area contributed by atoms with Crippen molar-refractivity contribution in [2.24, 2.45) is 0 Å². The predicted octanol–water partition coefficient (Wildman–Crippen LogP) is 3.23. The number of aryl methyl sites for hydroxylation is 2. The predicted molar refractivity (Wildman–Crippen MR) is 115 cm³/mol. The lowest BCUT2D eigenvalue weighted by Crippen LogP contribution is -2.41. The van der Waals surface area contributed by atoms with E-state index in [4.69, 9.17) is 9.47 Å². The van der Waals surface area contributed by atoms with Crippen molar-refractivity contribution in [3.8, 4) is 11.5 Å². The number of imide groups is 1. The van der Waals surface area contributed by atoms with Gasteiger partial charge in [-0.25, -0.2) is 4.79 Å². The summed E-state index contributed by atoms with van der Waals surface area (Å²) in [5, 5.41) is 2.75. The maximum absolute atomic E-state index is 13.3. The molecule has 0 bridgehead atoms. The highest BCUT2D eigenvalue weighted by Gasteiger charge is 2.49. The molecule has 7 heteroatoms. The number of nitrogens with one attached hydrogen (secondary N) is 1. The van der Waals surface area contributed by atoms with Crippen molar-refractivity contribution in [1.29, 1.82) is 0 Å². The number of hydrogen-bond acceptors (Lipinski definition) is 5. The van der Waals surface area contributed by atoms with Crippen LogP contribution in [-0.2, 0) is 23.2 Å². The number of fused-ring (bicyclic) bond motifs is 1. The summed E-state index contributed by atoms with van der Waals surface area (Å²) in [5.74, 6) is 0.421. The second-order valence-corrected chi connectivity index (χ2v) is 7.93. The number of hydrogen-bond donors (Lipinski definition) is 1. The summed E-state index contributed by atoms with van der Waals surface area (Å²) in [7, 11) is 0. The average Bonchev–Trinajstić information content (AvgIpc) is 3.02. The summed E-state index contributed by atoms with van der Waals surface area (Å²) >= 11 is 0. The van der Waals surface area contributed by atoms with Gasteiger partial charge in [-0.15, -0.1) is 0 Å². The van der Waals surface area contributed by atoms with Crippen LogP contribution in [0.1, 0.15) is 47.8 Å². The highest BCUT2D eigenvalue weighted by Crippen LogP contribution is 2.37. The van der Waals surface area contributed by atoms with E-state index < -0.39 is 17.5 Å². The molecule has 4 rings (SSSR count). The Bertz CT molecular complexity index is 1060. The summed E-state index contributed by atoms with van der Waals surface area (Å²) < 4.78 is 11.1. The minimum Gasteiger partial charge on any atom is -0.486 e. The topological polar surface area (TPSA) is 84.9 Å². The Morgan fingerprint density at radius 2 is 1.77 bits per heavy atom. The van der Waals surface area contributed by atoms with Crippen molar-refractivity contribution < 1.29 is 23.9 Å². The number of amides is 3. The molecule has 2 aromatic rings. The van der Waals surface area contributed by atoms with Crippen LogP contribution in [0.15, 0.2) is 36.4 Å². The molecule has 0 saturated carbocycles. The van der Waals surface area contributed by atoms with Crippen LogP contribution in [0.4, 0.5) is 4.79 Å². The molecule has 0 radical (unpaired) electrons. The Morgan fingerprint density at radius 3 is 2.48 bits per heavy atom. The van der Waals surface area contributed by atoms with Crippen LogP contribution in [0.5, 0.6) is 11.5 Å². The van der Waals surface area contributed by atoms with Crippen LogP contribution in [0.3, 0.4) is 0 Å². The lowest BCUT2D eigenvalue weighted by atomic mass is 9.91. The average molecular weight is 422 g/mol. The van der Waals surface area contributed by atoms with Crippen molar-refractivity contribution in [2.75, 3.05) is 19.8 Å². The molecule has 0 spiro atoms. The first kappa shape index (κ1) is 20.9. The Hall–Kier alpha value is -3.35. The van der Waals surface area contributed by atoms with Crippen LogP contribution in [0, 0.1) is 0 Å². The van der Waals surface area contributed by atoms with Gasteiger partial charge in [0.25, 0.3) is 5.91 Å². The molecule has 0 aromatic heterocycles. The first-order valence-corrected chi connectivity index (χ1v) is 10.6. The van der Waals surface area contributed by atoms with E-state index in [1.54, 1.807) is 25.1 Å². The molecular formula is C24H26N2O5. The molecule has 2 aliphatic rings. The lowest BCUT2D eigenvalue weighted by Gasteiger charge is -2.25. The second kappa shape index (κ2) is 8.06. The van der Waals surface area contributed by atoms with E-state index in [-0.39, 0.29) is 12.3 Å². The summed E-state index contributed by atoms with van der Waals surface area (Å²) in [4.78, 5) is 40.0. The van der Waals surface area contributed by atoms with E-state index in [0.29, 0.717) is 42.3 Å². The number of rotatable bonds is 6. The number of urea groups is 1. The summed E-state index contributed by atoms with van der Waals surface area (Å²) in [6, 6.07) is 10.4. The first-order chi connectivity index (χ1) is 14.9. The minimum atomic E-state index is -1.29. The van der Waals surface area contributed by atoms with Crippen molar-refractivity contribution >= 4 is 17.7 Å². The van der Waals surface area contributed by atoms with Gasteiger partial charge in [0.05, 0.1) is 6.54 Å². The maximum Gasteiger partial charge on any atom is 0.325 e. The highest BCUT2D eigenvalue weighted by atomic mass is 16.6. The molecule has 1 N–H and O–H groups in total. The number of nitrogens with zero attached hydrogens (tertiary/aromatic N) is 1. The van der Waals surface area contributed by atoms with Crippen molar-refractivity contribution in [3.63, 3.8) is 0 Å². The van der Waals surface area contributed by atoms with Crippen LogP contribution in [-0.4, -0.2) is 42.4 Å². The summed E-state index contributed by atoms with van der Waals surface area (Å²) in [5.41, 5.74) is 1.80. The molecule has 1 atom stereocenters. The summed E-state index contributed by atoms with van der Waals surface area (Å²) in [6.45, 7) is 6.22. The summed E-state index contributed by atoms with van der Waals surface area (Å²) in [6.07, 6.45) is 1.50. The highest BCUT2D eigenvalue weighted by molar-refractivity contribution is 6.11. The second-order valence-electron chi connectivity index (χ2n) is 7.93. The number of ketones is 1. The minimum absolute atomic E-state index is 0.248. The van der Waals surface area contributed by atoms with E-state index in [1.165, 1.54) is 0 Å². The zero-order chi connectivity index (χ0) is 22.2. The largest absolute Gasteiger partial charge is 0.486 e. The molecule has 1 fully saturated rings. The Labute approximate surface area is 181 Å². The normalized spacial score (nSPS) is 20.0. The van der Waals surface area contributed by atoms with E-state index >= 15 is 0 Å². The van der Waals surface area contributed by atoms with Crippen molar-refractivity contribution in [1.82, 2.24) is 10.2 Å². The first-order valence-electron chi connectivity index (χ1n) is 10.6. The fourth-order valence-electron chi connectivity index (χ4n) is 4.03. The van der Waals surface area contributed by atoms with E-state index in [1.807, 2.05) is 32.0 Å². The van der Waals surface area contributed by atoms with E-state index in [0.717, 1.165) is 22.4 Å². The smallest absolute Gasteiger partial charge is 0.325 e. The SMILES string of the molecule is CCc1ccc(CC)c(C(=O)CN2C(=O)N[C@@](C)(c3ccc4c(c3)OCCO4)C2=O)c1. The van der Waals surface area contributed by atoms with Crippen molar-refractivity contribution in [2.45, 2.75) is 39.2 Å². The van der Waals surface area contributed by atoms with Gasteiger partial charge in [-0.1, -0.05) is 32.0 Å². The van der Waals surface area contributed by atoms with E-state index in [2.05, 4.69) is 5.32 Å². The monoisotopic (exact) mass is 422 g/mol. The molecule has 31 heavy (non-hydrogen) atoms. The van der Waals surface area contributed by atoms with Crippen LogP contribution < -0.4 is 14.8 Å². The van der Waals surface area contributed by atoms with Gasteiger partial charge in [-0.2, -0.15) is 0 Å². The van der Waals surface area contributed by atoms with Gasteiger partial charge in [0.2, 0.25) is 0 Å². The molecule has 2 aliphatic heterocycles. The van der Waals surface area contributed by atoms with E-state index in [9.17, 15) is 14.4 Å². The van der Waals surface area contributed by atoms with Crippen LogP contribution in [0.25, 0.3) is 0 Å². The molecule has 7 nitrogen and oxygen atoms in total.